The van der Waals surface area contributed by atoms with E-state index in [0.29, 0.717) is 16.9 Å². The van der Waals surface area contributed by atoms with Gasteiger partial charge in [0.05, 0.1) is 11.7 Å². The number of hydrogen-bond donors (Lipinski definition) is 1. The molecule has 136 valence electrons. The van der Waals surface area contributed by atoms with E-state index in [9.17, 15) is 18.0 Å². The SMILES string of the molecule is CC(c1ccc(OCC(F)(F)F)cn1)c1cc2ccccc2n1C(N)=O. The smallest absolute Gasteiger partial charge is 0.422 e. The predicted octanol–water partition coefficient (Wildman–Crippen LogP) is 4.06. The van der Waals surface area contributed by atoms with E-state index in [1.54, 1.807) is 18.2 Å². The van der Waals surface area contributed by atoms with Gasteiger partial charge in [-0.1, -0.05) is 25.1 Å². The number of carbonyl (C=O) groups is 1. The Kier molecular flexibility index (Phi) is 4.58. The van der Waals surface area contributed by atoms with Crippen LogP contribution in [0.5, 0.6) is 5.75 Å². The maximum atomic E-state index is 12.2. The molecule has 2 N–H and O–H groups in total. The van der Waals surface area contributed by atoms with Crippen molar-refractivity contribution in [3.05, 3.63) is 60.0 Å². The largest absolute Gasteiger partial charge is 0.483 e. The molecule has 0 saturated heterocycles. The molecule has 0 radical (unpaired) electrons. The molecule has 1 atom stereocenters. The predicted molar refractivity (Wildman–Crippen MR) is 90.2 cm³/mol. The lowest BCUT2D eigenvalue weighted by Gasteiger charge is -2.14. The summed E-state index contributed by atoms with van der Waals surface area (Å²) in [5, 5.41) is 0.860. The van der Waals surface area contributed by atoms with Crippen LogP contribution in [0, 0.1) is 0 Å². The number of para-hydroxylation sites is 1. The summed E-state index contributed by atoms with van der Waals surface area (Å²) >= 11 is 0. The van der Waals surface area contributed by atoms with Gasteiger partial charge in [-0.25, -0.2) is 4.79 Å². The molecule has 0 aliphatic heterocycles. The number of pyridine rings is 1. The summed E-state index contributed by atoms with van der Waals surface area (Å²) in [4.78, 5) is 16.1. The van der Waals surface area contributed by atoms with Crippen LogP contribution in [0.4, 0.5) is 18.0 Å². The topological polar surface area (TPSA) is 70.1 Å². The molecule has 0 aliphatic carbocycles. The number of aromatic nitrogens is 2. The highest BCUT2D eigenvalue weighted by molar-refractivity contribution is 5.92. The Morgan fingerprint density at radius 3 is 2.62 bits per heavy atom. The Hall–Kier alpha value is -3.03. The quantitative estimate of drug-likeness (QED) is 0.760. The van der Waals surface area contributed by atoms with Crippen molar-refractivity contribution in [2.24, 2.45) is 5.73 Å². The second-order valence-corrected chi connectivity index (χ2v) is 5.85. The summed E-state index contributed by atoms with van der Waals surface area (Å²) in [5.41, 5.74) is 7.44. The number of benzene rings is 1. The summed E-state index contributed by atoms with van der Waals surface area (Å²) in [6, 6.07) is 11.5. The Labute approximate surface area is 147 Å². The summed E-state index contributed by atoms with van der Waals surface area (Å²) < 4.78 is 42.7. The molecule has 1 amide bonds. The average Bonchev–Trinajstić information content (AvgIpc) is 2.99. The van der Waals surface area contributed by atoms with Crippen molar-refractivity contribution in [1.82, 2.24) is 9.55 Å². The molecule has 0 spiro atoms. The zero-order chi connectivity index (χ0) is 18.9. The zero-order valence-electron chi connectivity index (χ0n) is 13.8. The van der Waals surface area contributed by atoms with E-state index in [-0.39, 0.29) is 11.7 Å². The Balaban J connectivity index is 1.90. The van der Waals surface area contributed by atoms with E-state index in [0.717, 1.165) is 5.39 Å². The van der Waals surface area contributed by atoms with Gasteiger partial charge < -0.3 is 10.5 Å². The van der Waals surface area contributed by atoms with Gasteiger partial charge in [0.2, 0.25) is 0 Å². The van der Waals surface area contributed by atoms with E-state index in [1.807, 2.05) is 25.1 Å². The highest BCUT2D eigenvalue weighted by Crippen LogP contribution is 2.29. The van der Waals surface area contributed by atoms with Gasteiger partial charge in [-0.15, -0.1) is 0 Å². The third kappa shape index (κ3) is 3.63. The molecule has 2 heterocycles. The number of primary amides is 1. The number of fused-ring (bicyclic) bond motifs is 1. The van der Waals surface area contributed by atoms with Gasteiger partial charge in [-0.05, 0) is 24.3 Å². The number of hydrogen-bond acceptors (Lipinski definition) is 3. The van der Waals surface area contributed by atoms with Crippen LogP contribution in [-0.4, -0.2) is 28.4 Å². The second kappa shape index (κ2) is 6.70. The minimum atomic E-state index is -4.41. The zero-order valence-corrected chi connectivity index (χ0v) is 13.8. The summed E-state index contributed by atoms with van der Waals surface area (Å²) in [5.74, 6) is -0.278. The normalized spacial score (nSPS) is 12.9. The molecule has 26 heavy (non-hydrogen) atoms. The minimum Gasteiger partial charge on any atom is -0.483 e. The van der Waals surface area contributed by atoms with Crippen molar-refractivity contribution in [1.29, 1.82) is 0 Å². The van der Waals surface area contributed by atoms with Gasteiger partial charge in [-0.2, -0.15) is 13.2 Å². The number of alkyl halides is 3. The lowest BCUT2D eigenvalue weighted by molar-refractivity contribution is -0.153. The first kappa shape index (κ1) is 17.8. The lowest BCUT2D eigenvalue weighted by Crippen LogP contribution is -2.22. The van der Waals surface area contributed by atoms with E-state index < -0.39 is 18.8 Å². The van der Waals surface area contributed by atoms with Crippen molar-refractivity contribution in [2.45, 2.75) is 19.0 Å². The van der Waals surface area contributed by atoms with E-state index in [1.165, 1.54) is 16.8 Å². The number of ether oxygens (including phenoxy) is 1. The van der Waals surface area contributed by atoms with Crippen LogP contribution in [0.15, 0.2) is 48.7 Å². The van der Waals surface area contributed by atoms with Crippen molar-refractivity contribution in [3.8, 4) is 5.75 Å². The van der Waals surface area contributed by atoms with Crippen LogP contribution in [0.2, 0.25) is 0 Å². The van der Waals surface area contributed by atoms with Crippen LogP contribution in [-0.2, 0) is 0 Å². The van der Waals surface area contributed by atoms with E-state index in [4.69, 9.17) is 5.73 Å². The maximum Gasteiger partial charge on any atom is 0.422 e. The average molecular weight is 363 g/mol. The monoisotopic (exact) mass is 363 g/mol. The molecule has 0 fully saturated rings. The maximum absolute atomic E-state index is 12.2. The molecule has 8 heteroatoms. The summed E-state index contributed by atoms with van der Waals surface area (Å²) in [6.45, 7) is 0.464. The van der Waals surface area contributed by atoms with Gasteiger partial charge in [0.25, 0.3) is 0 Å². The molecule has 1 aromatic carbocycles. The fourth-order valence-corrected chi connectivity index (χ4v) is 2.79. The van der Waals surface area contributed by atoms with Crippen LogP contribution in [0.1, 0.15) is 24.2 Å². The number of carbonyl (C=O) groups excluding carboxylic acids is 1. The molecule has 1 unspecified atom stereocenters. The van der Waals surface area contributed by atoms with Crippen molar-refractivity contribution in [2.75, 3.05) is 6.61 Å². The third-order valence-corrected chi connectivity index (χ3v) is 4.01. The Morgan fingerprint density at radius 2 is 2.00 bits per heavy atom. The van der Waals surface area contributed by atoms with Crippen LogP contribution >= 0.6 is 0 Å². The van der Waals surface area contributed by atoms with Gasteiger partial charge in [0.15, 0.2) is 6.61 Å². The first-order valence-corrected chi connectivity index (χ1v) is 7.82. The fourth-order valence-electron chi connectivity index (χ4n) is 2.79. The van der Waals surface area contributed by atoms with Crippen molar-refractivity contribution >= 4 is 16.9 Å². The highest BCUT2D eigenvalue weighted by atomic mass is 19.4. The molecule has 3 rings (SSSR count). The van der Waals surface area contributed by atoms with Crippen LogP contribution in [0.3, 0.4) is 0 Å². The molecule has 2 aromatic heterocycles. The number of nitrogens with two attached hydrogens (primary N) is 1. The summed E-state index contributed by atoms with van der Waals surface area (Å²) in [6.07, 6.45) is -3.18. The lowest BCUT2D eigenvalue weighted by atomic mass is 10.0. The van der Waals surface area contributed by atoms with Crippen molar-refractivity contribution in [3.63, 3.8) is 0 Å². The van der Waals surface area contributed by atoms with Crippen LogP contribution in [0.25, 0.3) is 10.9 Å². The molecule has 3 aromatic rings. The second-order valence-electron chi connectivity index (χ2n) is 5.85. The number of halogens is 3. The van der Waals surface area contributed by atoms with Gasteiger partial charge in [-0.3, -0.25) is 9.55 Å². The van der Waals surface area contributed by atoms with Crippen molar-refractivity contribution < 1.29 is 22.7 Å². The number of amides is 1. The molecular formula is C18H16F3N3O2. The summed E-state index contributed by atoms with van der Waals surface area (Å²) in [7, 11) is 0. The molecule has 0 saturated carbocycles. The fraction of sp³-hybridized carbons (Fsp3) is 0.222. The van der Waals surface area contributed by atoms with Gasteiger partial charge >= 0.3 is 12.2 Å². The number of rotatable bonds is 4. The van der Waals surface area contributed by atoms with Gasteiger partial charge in [0.1, 0.15) is 5.75 Å². The molecule has 5 nitrogen and oxygen atoms in total. The Bertz CT molecular complexity index is 933. The molecule has 0 bridgehead atoms. The molecule has 0 aliphatic rings. The highest BCUT2D eigenvalue weighted by Gasteiger charge is 2.28. The first-order chi connectivity index (χ1) is 12.3. The molecular weight excluding hydrogens is 347 g/mol. The van der Waals surface area contributed by atoms with E-state index >= 15 is 0 Å². The first-order valence-electron chi connectivity index (χ1n) is 7.82. The van der Waals surface area contributed by atoms with E-state index in [2.05, 4.69) is 9.72 Å². The van der Waals surface area contributed by atoms with Gasteiger partial charge in [0, 0.05) is 22.7 Å². The third-order valence-electron chi connectivity index (χ3n) is 4.01. The van der Waals surface area contributed by atoms with Crippen LogP contribution < -0.4 is 10.5 Å². The Morgan fingerprint density at radius 1 is 1.27 bits per heavy atom. The number of nitrogens with zero attached hydrogens (tertiary/aromatic N) is 2. The minimum absolute atomic E-state index is 0.0220. The standard InChI is InChI=1S/C18H16F3N3O2/c1-11(14-7-6-13(9-23-14)26-10-18(19,20)21)16-8-12-4-2-3-5-15(12)24(16)17(22)25/h2-9,11H,10H2,1H3,(H2,22,25).